The Morgan fingerprint density at radius 3 is 1.92 bits per heavy atom. The Bertz CT molecular complexity index is 3430. The Morgan fingerprint density at radius 1 is 0.694 bits per heavy atom. The highest BCUT2D eigenvalue weighted by Crippen LogP contribution is 2.38. The number of carbonyl (C=O) groups excluding carboxylic acids is 1. The van der Waals surface area contributed by atoms with E-state index < -0.39 is 29.4 Å². The average Bonchev–Trinajstić information content (AvgIpc) is 3.64. The molecule has 0 fully saturated rings. The Kier molecular flexibility index (Phi) is 15.3. The topological polar surface area (TPSA) is 197 Å². The zero-order valence-electron chi connectivity index (χ0n) is 41.0. The highest BCUT2D eigenvalue weighted by Gasteiger charge is 2.21. The molecule has 2 heterocycles. The van der Waals surface area contributed by atoms with Gasteiger partial charge in [0.1, 0.15) is 35.4 Å². The number of aryl methyl sites for hydroxylation is 3. The van der Waals surface area contributed by atoms with Crippen LogP contribution in [0, 0.1) is 20.8 Å². The number of benzene rings is 7. The maximum atomic E-state index is 12.9. The first-order chi connectivity index (χ1) is 34.4. The first-order valence-corrected chi connectivity index (χ1v) is 23.0. The van der Waals surface area contributed by atoms with E-state index in [0.29, 0.717) is 27.1 Å². The number of aromatic hydroxyl groups is 3. The Morgan fingerprint density at radius 2 is 1.31 bits per heavy atom. The lowest BCUT2D eigenvalue weighted by atomic mass is 9.90. The van der Waals surface area contributed by atoms with Crippen LogP contribution in [0.25, 0.3) is 50.3 Å². The summed E-state index contributed by atoms with van der Waals surface area (Å²) in [6, 6.07) is 42.8. The Hall–Kier alpha value is -9.10. The number of hydrogen-bond acceptors (Lipinski definition) is 9. The fourth-order valence-electron chi connectivity index (χ4n) is 8.85. The second kappa shape index (κ2) is 21.7. The van der Waals surface area contributed by atoms with Crippen LogP contribution in [-0.4, -0.2) is 68.7 Å². The van der Waals surface area contributed by atoms with Gasteiger partial charge in [-0.1, -0.05) is 72.5 Å². The molecule has 0 spiro atoms. The molecule has 0 unspecified atom stereocenters. The quantitative estimate of drug-likeness (QED) is 0.0646. The van der Waals surface area contributed by atoms with Crippen LogP contribution in [0.2, 0.25) is 0 Å². The molecule has 13 heteroatoms. The predicted molar refractivity (Wildman–Crippen MR) is 280 cm³/mol. The number of hydrogen-bond donors (Lipinski definition) is 5. The van der Waals surface area contributed by atoms with Crippen molar-refractivity contribution in [1.82, 2.24) is 4.57 Å². The molecule has 2 aromatic heterocycles. The summed E-state index contributed by atoms with van der Waals surface area (Å²) in [4.78, 5) is 36.6. The van der Waals surface area contributed by atoms with E-state index in [9.17, 15) is 39.9 Å². The van der Waals surface area contributed by atoms with Gasteiger partial charge in [-0.15, -0.1) is 0 Å². The van der Waals surface area contributed by atoms with Crippen molar-refractivity contribution >= 4 is 68.2 Å². The van der Waals surface area contributed by atoms with Gasteiger partial charge < -0.3 is 44.8 Å². The molecule has 9 aromatic rings. The molecular formula is C59H55N3O10. The molecule has 0 atom stereocenters. The molecule has 0 amide bonds. The zero-order valence-corrected chi connectivity index (χ0v) is 41.0. The number of anilines is 1. The normalized spacial score (nSPS) is 11.0. The van der Waals surface area contributed by atoms with E-state index >= 15 is 0 Å². The average molecular weight is 966 g/mol. The van der Waals surface area contributed by atoms with E-state index in [1.165, 1.54) is 63.1 Å². The van der Waals surface area contributed by atoms with E-state index in [0.717, 1.165) is 6.07 Å². The highest BCUT2D eigenvalue weighted by atomic mass is 16.5. The van der Waals surface area contributed by atoms with Gasteiger partial charge >= 0.3 is 17.9 Å². The van der Waals surface area contributed by atoms with Gasteiger partial charge in [0.25, 0.3) is 0 Å². The van der Waals surface area contributed by atoms with Crippen molar-refractivity contribution in [2.45, 2.75) is 34.1 Å². The van der Waals surface area contributed by atoms with Crippen molar-refractivity contribution in [3.05, 3.63) is 196 Å². The van der Waals surface area contributed by atoms with Crippen molar-refractivity contribution in [3.8, 4) is 28.7 Å². The number of aromatic nitrogens is 2. The fraction of sp³-hybridized carbons (Fsp3) is 0.153. The number of esters is 1. The first kappa shape index (κ1) is 50.8. The smallest absolute Gasteiger partial charge is 0.342 e. The van der Waals surface area contributed by atoms with E-state index in [4.69, 9.17) is 9.84 Å². The third-order valence-corrected chi connectivity index (χ3v) is 12.5. The van der Waals surface area contributed by atoms with Gasteiger partial charge in [-0.05, 0) is 127 Å². The van der Waals surface area contributed by atoms with Gasteiger partial charge in [0, 0.05) is 78.5 Å². The summed E-state index contributed by atoms with van der Waals surface area (Å²) in [5.41, 5.74) is 8.99. The van der Waals surface area contributed by atoms with Gasteiger partial charge in [-0.25, -0.2) is 14.4 Å². The summed E-state index contributed by atoms with van der Waals surface area (Å²) in [5.74, 6) is -4.63. The van der Waals surface area contributed by atoms with Gasteiger partial charge in [0.2, 0.25) is 11.2 Å². The molecule has 0 saturated heterocycles. The van der Waals surface area contributed by atoms with Crippen LogP contribution in [-0.2, 0) is 18.2 Å². The standard InChI is InChI=1S/C26H28N3.C23H16O6.C10H12O4/c1-19-17-21(20(2)29(19)24-9-7-6-8-10-24)11-13-23-14-12-22-18-25(27(3)4)15-16-26(22)28(23)5;24-20-16(14-7-3-1-5-12(14)9-18(20)22(26)27)11-17-15-8-4-2-6-13(15)10-19(21(17)25)23(28)29;1-3-14-10(13)9-6(2)4-7(11)5-8(9)12/h6-18H,1-5H3;1-10,24-25H,11H2,(H,26,27)(H,28,29);4-5,11-12H,3H2,1-2H3/q+1;;/p-1. The van der Waals surface area contributed by atoms with Crippen molar-refractivity contribution in [2.24, 2.45) is 7.05 Å². The van der Waals surface area contributed by atoms with Crippen molar-refractivity contribution in [3.63, 3.8) is 0 Å². The molecule has 13 nitrogen and oxygen atoms in total. The largest absolute Gasteiger partial charge is 0.872 e. The number of rotatable bonds is 10. The van der Waals surface area contributed by atoms with Crippen LogP contribution >= 0.6 is 0 Å². The second-order valence-corrected chi connectivity index (χ2v) is 17.4. The summed E-state index contributed by atoms with van der Waals surface area (Å²) in [6.45, 7) is 7.90. The van der Waals surface area contributed by atoms with Crippen molar-refractivity contribution in [2.75, 3.05) is 25.6 Å². The molecule has 0 bridgehead atoms. The molecule has 0 aliphatic heterocycles. The van der Waals surface area contributed by atoms with Gasteiger partial charge in [-0.2, -0.15) is 4.57 Å². The lowest BCUT2D eigenvalue weighted by Gasteiger charge is -2.21. The number of para-hydroxylation sites is 1. The van der Waals surface area contributed by atoms with Crippen LogP contribution in [0.1, 0.15) is 77.3 Å². The van der Waals surface area contributed by atoms with E-state index in [2.05, 4.69) is 128 Å². The number of fused-ring (bicyclic) bond motifs is 3. The zero-order chi connectivity index (χ0) is 52.0. The van der Waals surface area contributed by atoms with Crippen LogP contribution in [0.15, 0.2) is 140 Å². The van der Waals surface area contributed by atoms with Gasteiger partial charge in [0.15, 0.2) is 0 Å². The van der Waals surface area contributed by atoms with Crippen LogP contribution in [0.5, 0.6) is 23.0 Å². The third kappa shape index (κ3) is 10.7. The lowest BCUT2D eigenvalue weighted by molar-refractivity contribution is -0.646. The van der Waals surface area contributed by atoms with Crippen molar-refractivity contribution in [1.29, 1.82) is 0 Å². The number of phenols is 3. The van der Waals surface area contributed by atoms with E-state index in [1.54, 1.807) is 62.4 Å². The number of aromatic carboxylic acids is 2. The number of carboxylic acid groups (broad SMARTS) is 2. The molecular weight excluding hydrogens is 911 g/mol. The summed E-state index contributed by atoms with van der Waals surface area (Å²) >= 11 is 0. The molecule has 0 aliphatic rings. The highest BCUT2D eigenvalue weighted by molar-refractivity contribution is 6.02. The maximum absolute atomic E-state index is 12.9. The summed E-state index contributed by atoms with van der Waals surface area (Å²) in [6.07, 6.45) is 4.32. The minimum absolute atomic E-state index is 0.0759. The molecule has 7 aromatic carbocycles. The third-order valence-electron chi connectivity index (χ3n) is 12.5. The predicted octanol–water partition coefficient (Wildman–Crippen LogP) is 10.7. The number of ether oxygens (including phenoxy) is 1. The number of phenolic OH excluding ortho intramolecular Hbond substituents is 2. The van der Waals surface area contributed by atoms with E-state index in [-0.39, 0.29) is 52.3 Å². The molecule has 0 aliphatic carbocycles. The number of carbonyl (C=O) groups is 3. The molecule has 5 N–H and O–H groups in total. The fourth-order valence-corrected chi connectivity index (χ4v) is 8.85. The van der Waals surface area contributed by atoms with E-state index in [1.807, 2.05) is 0 Å². The first-order valence-electron chi connectivity index (χ1n) is 23.0. The Labute approximate surface area is 416 Å². The number of carboxylic acids is 2. The second-order valence-electron chi connectivity index (χ2n) is 17.4. The van der Waals surface area contributed by atoms with Crippen LogP contribution in [0.3, 0.4) is 0 Å². The minimum atomic E-state index is -1.34. The Balaban J connectivity index is 0.000000169. The molecule has 0 radical (unpaired) electrons. The van der Waals surface area contributed by atoms with Gasteiger partial charge in [-0.3, -0.25) is 0 Å². The van der Waals surface area contributed by atoms with Crippen LogP contribution in [0.4, 0.5) is 5.69 Å². The SMILES string of the molecule is CCOC(=O)c1c(C)cc(O)cc1O.Cc1cc(C=Cc2ccc3cc(N(C)C)ccc3[n+]2C)c(C)n1-c1ccccc1.O=C(O)c1cc2ccccc2c(Cc2c(O)c(C(=O)O)cc3ccccc23)c1[O-]. The monoisotopic (exact) mass is 965 g/mol. The summed E-state index contributed by atoms with van der Waals surface area (Å²) < 4.78 is 9.31. The lowest BCUT2D eigenvalue weighted by Crippen LogP contribution is -2.32. The summed E-state index contributed by atoms with van der Waals surface area (Å²) in [7, 11) is 6.28. The minimum Gasteiger partial charge on any atom is -0.872 e. The van der Waals surface area contributed by atoms with Crippen molar-refractivity contribution < 1.29 is 54.3 Å². The number of pyridine rings is 1. The van der Waals surface area contributed by atoms with Gasteiger partial charge in [0.05, 0.1) is 12.2 Å². The summed E-state index contributed by atoms with van der Waals surface area (Å²) in [5, 5.41) is 64.6. The molecule has 9 rings (SSSR count). The molecule has 0 saturated carbocycles. The molecule has 366 valence electrons. The molecule has 72 heavy (non-hydrogen) atoms. The maximum Gasteiger partial charge on any atom is 0.342 e. The number of nitrogens with zero attached hydrogens (tertiary/aromatic N) is 3. The van der Waals surface area contributed by atoms with Crippen LogP contribution < -0.4 is 14.6 Å².